The number of benzene rings is 1. The summed E-state index contributed by atoms with van der Waals surface area (Å²) in [4.78, 5) is 24.0. The van der Waals surface area contributed by atoms with E-state index in [1.165, 1.54) is 0 Å². The maximum Gasteiger partial charge on any atom is 0.254 e. The van der Waals surface area contributed by atoms with Crippen molar-refractivity contribution in [3.05, 3.63) is 29.8 Å². The monoisotopic (exact) mass is 232 g/mol. The van der Waals surface area contributed by atoms with Gasteiger partial charge in [-0.2, -0.15) is 0 Å². The van der Waals surface area contributed by atoms with E-state index in [9.17, 15) is 9.59 Å². The first-order chi connectivity index (χ1) is 8.13. The fourth-order valence-electron chi connectivity index (χ4n) is 1.92. The quantitative estimate of drug-likeness (QED) is 0.816. The first-order valence-electron chi connectivity index (χ1n) is 5.84. The lowest BCUT2D eigenvalue weighted by Crippen LogP contribution is -2.45. The maximum absolute atomic E-state index is 12.0. The van der Waals surface area contributed by atoms with Gasteiger partial charge in [-0.25, -0.2) is 0 Å². The van der Waals surface area contributed by atoms with E-state index in [1.807, 2.05) is 13.8 Å². The van der Waals surface area contributed by atoms with E-state index in [-0.39, 0.29) is 17.7 Å². The zero-order chi connectivity index (χ0) is 12.4. The smallest absolute Gasteiger partial charge is 0.254 e. The Kier molecular flexibility index (Phi) is 3.13. The average Bonchev–Trinajstić information content (AvgIpc) is 2.46. The highest BCUT2D eigenvalue weighted by Crippen LogP contribution is 2.20. The lowest BCUT2D eigenvalue weighted by Gasteiger charge is -2.20. The predicted molar refractivity (Wildman–Crippen MR) is 65.8 cm³/mol. The number of carbonyl (C=O) groups excluding carboxylic acids is 2. The van der Waals surface area contributed by atoms with Crippen molar-refractivity contribution < 1.29 is 9.59 Å². The maximum atomic E-state index is 12.0. The van der Waals surface area contributed by atoms with Crippen LogP contribution in [0.5, 0.6) is 0 Å². The summed E-state index contributed by atoms with van der Waals surface area (Å²) in [5, 5.41) is 5.58. The summed E-state index contributed by atoms with van der Waals surface area (Å²) in [6.07, 6.45) is 0.842. The van der Waals surface area contributed by atoms with Gasteiger partial charge < -0.3 is 10.6 Å². The fraction of sp³-hybridized carbons (Fsp3) is 0.385. The van der Waals surface area contributed by atoms with Crippen LogP contribution < -0.4 is 10.6 Å². The summed E-state index contributed by atoms with van der Waals surface area (Å²) in [6.45, 7) is 3.96. The van der Waals surface area contributed by atoms with Gasteiger partial charge in [-0.3, -0.25) is 9.59 Å². The van der Waals surface area contributed by atoms with Crippen molar-refractivity contribution >= 4 is 17.5 Å². The van der Waals surface area contributed by atoms with Crippen molar-refractivity contribution in [1.29, 1.82) is 0 Å². The summed E-state index contributed by atoms with van der Waals surface area (Å²) in [5.74, 6) is -0.213. The highest BCUT2D eigenvalue weighted by Gasteiger charge is 2.30. The summed E-state index contributed by atoms with van der Waals surface area (Å²) >= 11 is 0. The normalized spacial score (nSPS) is 20.9. The summed E-state index contributed by atoms with van der Waals surface area (Å²) < 4.78 is 0. The highest BCUT2D eigenvalue weighted by molar-refractivity contribution is 6.09. The minimum absolute atomic E-state index is 0.119. The molecule has 1 aliphatic rings. The molecule has 0 aliphatic carbocycles. The molecule has 0 fully saturated rings. The molecule has 0 aromatic heterocycles. The summed E-state index contributed by atoms with van der Waals surface area (Å²) in [5.41, 5.74) is 1.10. The Morgan fingerprint density at radius 3 is 2.71 bits per heavy atom. The molecule has 2 N–H and O–H groups in total. The van der Waals surface area contributed by atoms with E-state index in [0.717, 1.165) is 6.42 Å². The van der Waals surface area contributed by atoms with Crippen LogP contribution in [0.3, 0.4) is 0 Å². The van der Waals surface area contributed by atoms with Crippen LogP contribution in [0, 0.1) is 5.92 Å². The van der Waals surface area contributed by atoms with E-state index in [0.29, 0.717) is 11.3 Å². The summed E-state index contributed by atoms with van der Waals surface area (Å²) in [6, 6.07) is 6.58. The molecule has 4 nitrogen and oxygen atoms in total. The van der Waals surface area contributed by atoms with Crippen LogP contribution in [0.4, 0.5) is 5.69 Å². The third-order valence-electron chi connectivity index (χ3n) is 3.21. The first kappa shape index (κ1) is 11.6. The van der Waals surface area contributed by atoms with Gasteiger partial charge in [0.1, 0.15) is 6.04 Å². The van der Waals surface area contributed by atoms with Crippen LogP contribution in [-0.4, -0.2) is 17.9 Å². The van der Waals surface area contributed by atoms with Gasteiger partial charge in [0.05, 0.1) is 11.3 Å². The van der Waals surface area contributed by atoms with Crippen molar-refractivity contribution in [3.63, 3.8) is 0 Å². The molecule has 17 heavy (non-hydrogen) atoms. The number of hydrogen-bond acceptors (Lipinski definition) is 2. The molecule has 0 saturated heterocycles. The zero-order valence-corrected chi connectivity index (χ0v) is 9.99. The van der Waals surface area contributed by atoms with Crippen LogP contribution >= 0.6 is 0 Å². The molecule has 0 saturated carbocycles. The van der Waals surface area contributed by atoms with Crippen LogP contribution in [0.25, 0.3) is 0 Å². The molecule has 90 valence electrons. The van der Waals surface area contributed by atoms with Crippen molar-refractivity contribution in [2.24, 2.45) is 5.92 Å². The molecular formula is C13H16N2O2. The molecule has 1 aromatic carbocycles. The highest BCUT2D eigenvalue weighted by atomic mass is 16.2. The molecule has 1 aliphatic heterocycles. The molecule has 1 heterocycles. The number of fused-ring (bicyclic) bond motifs is 1. The van der Waals surface area contributed by atoms with Crippen molar-refractivity contribution in [1.82, 2.24) is 5.32 Å². The third-order valence-corrected chi connectivity index (χ3v) is 3.21. The second-order valence-corrected chi connectivity index (χ2v) is 4.37. The van der Waals surface area contributed by atoms with Gasteiger partial charge in [0.15, 0.2) is 0 Å². The van der Waals surface area contributed by atoms with E-state index < -0.39 is 6.04 Å². The lowest BCUT2D eigenvalue weighted by atomic mass is 9.98. The molecule has 2 rings (SSSR count). The first-order valence-corrected chi connectivity index (χ1v) is 5.84. The Bertz CT molecular complexity index is 456. The van der Waals surface area contributed by atoms with Crippen molar-refractivity contribution in [2.75, 3.05) is 5.32 Å². The Hall–Kier alpha value is -1.84. The van der Waals surface area contributed by atoms with E-state index in [4.69, 9.17) is 0 Å². The number of anilines is 1. The van der Waals surface area contributed by atoms with Gasteiger partial charge in [-0.1, -0.05) is 32.4 Å². The predicted octanol–water partition coefficient (Wildman–Crippen LogP) is 1.78. The molecular weight excluding hydrogens is 216 g/mol. The Balaban J connectivity index is 2.35. The fourth-order valence-corrected chi connectivity index (χ4v) is 1.92. The minimum atomic E-state index is -0.458. The minimum Gasteiger partial charge on any atom is -0.340 e. The number of carbonyl (C=O) groups is 2. The third kappa shape index (κ3) is 2.16. The number of para-hydroxylation sites is 1. The van der Waals surface area contributed by atoms with E-state index in [2.05, 4.69) is 10.6 Å². The largest absolute Gasteiger partial charge is 0.340 e. The standard InChI is InChI=1S/C13H16N2O2/c1-3-8(2)11-13(17)14-10-7-5-4-6-9(10)12(16)15-11/h4-8,11H,3H2,1-2H3,(H,14,17)(H,15,16)/t8-,11+/m0/s1. The van der Waals surface area contributed by atoms with Gasteiger partial charge in [0.2, 0.25) is 5.91 Å². The molecule has 4 heteroatoms. The van der Waals surface area contributed by atoms with Crippen LogP contribution in [0.1, 0.15) is 30.6 Å². The Morgan fingerprint density at radius 1 is 1.29 bits per heavy atom. The van der Waals surface area contributed by atoms with Crippen LogP contribution in [0.15, 0.2) is 24.3 Å². The molecule has 0 bridgehead atoms. The molecule has 2 atom stereocenters. The average molecular weight is 232 g/mol. The van der Waals surface area contributed by atoms with E-state index >= 15 is 0 Å². The van der Waals surface area contributed by atoms with Crippen LogP contribution in [-0.2, 0) is 4.79 Å². The topological polar surface area (TPSA) is 58.2 Å². The second-order valence-electron chi connectivity index (χ2n) is 4.37. The molecule has 0 spiro atoms. The van der Waals surface area contributed by atoms with Gasteiger partial charge >= 0.3 is 0 Å². The number of amides is 2. The van der Waals surface area contributed by atoms with Gasteiger partial charge in [-0.15, -0.1) is 0 Å². The van der Waals surface area contributed by atoms with Crippen molar-refractivity contribution in [2.45, 2.75) is 26.3 Å². The Morgan fingerprint density at radius 2 is 2.00 bits per heavy atom. The molecule has 1 aromatic rings. The van der Waals surface area contributed by atoms with Crippen LogP contribution in [0.2, 0.25) is 0 Å². The summed E-state index contributed by atoms with van der Waals surface area (Å²) in [7, 11) is 0. The van der Waals surface area contributed by atoms with Gasteiger partial charge in [-0.05, 0) is 18.1 Å². The lowest BCUT2D eigenvalue weighted by molar-refractivity contribution is -0.119. The second kappa shape index (κ2) is 4.57. The number of hydrogen-bond donors (Lipinski definition) is 2. The van der Waals surface area contributed by atoms with Gasteiger partial charge in [0.25, 0.3) is 5.91 Å². The molecule has 0 radical (unpaired) electrons. The molecule has 2 amide bonds. The number of nitrogens with one attached hydrogen (secondary N) is 2. The zero-order valence-electron chi connectivity index (χ0n) is 9.99. The van der Waals surface area contributed by atoms with Crippen molar-refractivity contribution in [3.8, 4) is 0 Å². The Labute approximate surface area is 100 Å². The SMILES string of the molecule is CC[C@H](C)[C@H]1NC(=O)c2ccccc2NC1=O. The van der Waals surface area contributed by atoms with E-state index in [1.54, 1.807) is 24.3 Å². The molecule has 0 unspecified atom stereocenters. The van der Waals surface area contributed by atoms with Gasteiger partial charge in [0, 0.05) is 0 Å². The number of rotatable bonds is 2.